The van der Waals surface area contributed by atoms with E-state index in [4.69, 9.17) is 11.6 Å². The summed E-state index contributed by atoms with van der Waals surface area (Å²) >= 11 is 6.14. The van der Waals surface area contributed by atoms with Crippen molar-refractivity contribution in [3.63, 3.8) is 0 Å². The summed E-state index contributed by atoms with van der Waals surface area (Å²) in [6, 6.07) is 8.80. The SMILES string of the molecule is CC(C)CN(CC1CCCC1)[C@@H]1CC[C@@H](CC(=O)O)C[C@H]1c1ccc(Cl)cc1. The van der Waals surface area contributed by atoms with Gasteiger partial charge in [0.05, 0.1) is 0 Å². The number of halogens is 1. The van der Waals surface area contributed by atoms with Gasteiger partial charge in [0.25, 0.3) is 0 Å². The molecule has 156 valence electrons. The van der Waals surface area contributed by atoms with Gasteiger partial charge >= 0.3 is 5.97 Å². The van der Waals surface area contributed by atoms with Gasteiger partial charge in [-0.2, -0.15) is 0 Å². The van der Waals surface area contributed by atoms with E-state index < -0.39 is 5.97 Å². The molecule has 0 spiro atoms. The zero-order valence-corrected chi connectivity index (χ0v) is 18.2. The van der Waals surface area contributed by atoms with Crippen molar-refractivity contribution in [1.29, 1.82) is 0 Å². The van der Waals surface area contributed by atoms with Crippen molar-refractivity contribution in [2.75, 3.05) is 13.1 Å². The second-order valence-corrected chi connectivity index (χ2v) is 9.94. The van der Waals surface area contributed by atoms with Crippen LogP contribution in [0.5, 0.6) is 0 Å². The average Bonchev–Trinajstić information content (AvgIpc) is 3.14. The molecule has 0 heterocycles. The molecule has 0 radical (unpaired) electrons. The van der Waals surface area contributed by atoms with Gasteiger partial charge in [0.2, 0.25) is 0 Å². The Bertz CT molecular complexity index is 624. The first-order chi connectivity index (χ1) is 13.4. The Morgan fingerprint density at radius 2 is 1.79 bits per heavy atom. The van der Waals surface area contributed by atoms with Crippen LogP contribution < -0.4 is 0 Å². The maximum Gasteiger partial charge on any atom is 0.303 e. The van der Waals surface area contributed by atoms with Gasteiger partial charge in [0, 0.05) is 30.6 Å². The predicted octanol–water partition coefficient (Wildman–Crippen LogP) is 6.22. The van der Waals surface area contributed by atoms with E-state index in [-0.39, 0.29) is 5.92 Å². The molecule has 2 aliphatic rings. The highest BCUT2D eigenvalue weighted by molar-refractivity contribution is 6.30. The van der Waals surface area contributed by atoms with E-state index in [2.05, 4.69) is 30.9 Å². The average molecular weight is 406 g/mol. The monoisotopic (exact) mass is 405 g/mol. The van der Waals surface area contributed by atoms with Crippen molar-refractivity contribution in [3.8, 4) is 0 Å². The molecule has 2 saturated carbocycles. The molecule has 0 aromatic heterocycles. The van der Waals surface area contributed by atoms with Crippen LogP contribution in [-0.2, 0) is 4.79 Å². The lowest BCUT2D eigenvalue weighted by Crippen LogP contribution is -2.46. The molecular weight excluding hydrogens is 370 g/mol. The Kier molecular flexibility index (Phi) is 7.82. The van der Waals surface area contributed by atoms with Crippen molar-refractivity contribution in [1.82, 2.24) is 4.90 Å². The quantitative estimate of drug-likeness (QED) is 0.558. The van der Waals surface area contributed by atoms with Gasteiger partial charge in [-0.05, 0) is 73.5 Å². The minimum absolute atomic E-state index is 0.279. The molecule has 3 nitrogen and oxygen atoms in total. The summed E-state index contributed by atoms with van der Waals surface area (Å²) < 4.78 is 0. The predicted molar refractivity (Wildman–Crippen MR) is 116 cm³/mol. The molecule has 0 unspecified atom stereocenters. The molecule has 0 bridgehead atoms. The molecule has 2 fully saturated rings. The molecule has 28 heavy (non-hydrogen) atoms. The largest absolute Gasteiger partial charge is 0.481 e. The van der Waals surface area contributed by atoms with Crippen LogP contribution in [0, 0.1) is 17.8 Å². The topological polar surface area (TPSA) is 40.5 Å². The Hall–Kier alpha value is -1.06. The molecule has 3 atom stereocenters. The lowest BCUT2D eigenvalue weighted by atomic mass is 9.72. The first kappa shape index (κ1) is 21.6. The fourth-order valence-corrected chi connectivity index (χ4v) is 5.64. The van der Waals surface area contributed by atoms with Gasteiger partial charge in [-0.25, -0.2) is 0 Å². The fourth-order valence-electron chi connectivity index (χ4n) is 5.52. The Morgan fingerprint density at radius 3 is 2.39 bits per heavy atom. The highest BCUT2D eigenvalue weighted by Crippen LogP contribution is 2.41. The molecule has 0 amide bonds. The summed E-state index contributed by atoms with van der Waals surface area (Å²) in [4.78, 5) is 14.1. The van der Waals surface area contributed by atoms with E-state index in [1.54, 1.807) is 0 Å². The van der Waals surface area contributed by atoms with Crippen LogP contribution in [0.15, 0.2) is 24.3 Å². The zero-order valence-electron chi connectivity index (χ0n) is 17.4. The first-order valence-corrected chi connectivity index (χ1v) is 11.5. The molecule has 1 N–H and O–H groups in total. The molecule has 1 aromatic rings. The van der Waals surface area contributed by atoms with Crippen LogP contribution in [-0.4, -0.2) is 35.1 Å². The summed E-state index contributed by atoms with van der Waals surface area (Å²) in [5.41, 5.74) is 1.32. The molecule has 0 aliphatic heterocycles. The third-order valence-corrected chi connectivity index (χ3v) is 6.97. The van der Waals surface area contributed by atoms with E-state index in [0.717, 1.165) is 36.7 Å². The molecule has 3 rings (SSSR count). The summed E-state index contributed by atoms with van der Waals surface area (Å²) in [7, 11) is 0. The Morgan fingerprint density at radius 1 is 1.11 bits per heavy atom. The maximum absolute atomic E-state index is 11.3. The number of aliphatic carboxylic acids is 1. The number of hydrogen-bond donors (Lipinski definition) is 1. The lowest BCUT2D eigenvalue weighted by molar-refractivity contribution is -0.138. The van der Waals surface area contributed by atoms with E-state index >= 15 is 0 Å². The van der Waals surface area contributed by atoms with Crippen LogP contribution in [0.25, 0.3) is 0 Å². The fraction of sp³-hybridized carbons (Fsp3) is 0.708. The summed E-state index contributed by atoms with van der Waals surface area (Å²) in [6.07, 6.45) is 8.90. The first-order valence-electron chi connectivity index (χ1n) is 11.1. The molecule has 0 saturated heterocycles. The van der Waals surface area contributed by atoms with E-state index in [1.807, 2.05) is 12.1 Å². The third-order valence-electron chi connectivity index (χ3n) is 6.72. The van der Waals surface area contributed by atoms with Crippen LogP contribution in [0.3, 0.4) is 0 Å². The second-order valence-electron chi connectivity index (χ2n) is 9.50. The van der Waals surface area contributed by atoms with Crippen molar-refractivity contribution < 1.29 is 9.90 Å². The van der Waals surface area contributed by atoms with Gasteiger partial charge in [-0.1, -0.05) is 50.4 Å². The van der Waals surface area contributed by atoms with Crippen LogP contribution in [0.4, 0.5) is 0 Å². The van der Waals surface area contributed by atoms with Crippen LogP contribution in [0.1, 0.15) is 76.7 Å². The number of benzene rings is 1. The minimum atomic E-state index is -0.664. The smallest absolute Gasteiger partial charge is 0.303 e. The number of rotatable bonds is 8. The Balaban J connectivity index is 1.82. The molecule has 4 heteroatoms. The highest BCUT2D eigenvalue weighted by atomic mass is 35.5. The second kappa shape index (κ2) is 10.1. The van der Waals surface area contributed by atoms with Gasteiger partial charge in [0.1, 0.15) is 0 Å². The number of nitrogens with zero attached hydrogens (tertiary/aromatic N) is 1. The third kappa shape index (κ3) is 5.97. The van der Waals surface area contributed by atoms with E-state index in [1.165, 1.54) is 37.8 Å². The van der Waals surface area contributed by atoms with Crippen LogP contribution >= 0.6 is 11.6 Å². The van der Waals surface area contributed by atoms with Crippen molar-refractivity contribution in [2.24, 2.45) is 17.8 Å². The van der Waals surface area contributed by atoms with Crippen molar-refractivity contribution in [2.45, 2.75) is 77.2 Å². The zero-order chi connectivity index (χ0) is 20.1. The number of carboxylic acids is 1. The van der Waals surface area contributed by atoms with Gasteiger partial charge < -0.3 is 5.11 Å². The highest BCUT2D eigenvalue weighted by Gasteiger charge is 2.37. The molecule has 2 aliphatic carbocycles. The van der Waals surface area contributed by atoms with Crippen LogP contribution in [0.2, 0.25) is 5.02 Å². The van der Waals surface area contributed by atoms with Crippen molar-refractivity contribution >= 4 is 17.6 Å². The number of carboxylic acid groups (broad SMARTS) is 1. The number of hydrogen-bond acceptors (Lipinski definition) is 2. The number of carbonyl (C=O) groups is 1. The normalized spacial score (nSPS) is 26.2. The van der Waals surface area contributed by atoms with E-state index in [0.29, 0.717) is 24.3 Å². The maximum atomic E-state index is 11.3. The molecular formula is C24H36ClNO2. The standard InChI is InChI=1S/C24H36ClNO2/c1-17(2)15-26(16-18-5-3-4-6-18)23-12-7-19(14-24(27)28)13-22(23)20-8-10-21(25)11-9-20/h8-11,17-19,22-23H,3-7,12-16H2,1-2H3,(H,27,28)/t19-,22+,23-/m1/s1. The van der Waals surface area contributed by atoms with Crippen molar-refractivity contribution in [3.05, 3.63) is 34.9 Å². The molecule has 1 aromatic carbocycles. The van der Waals surface area contributed by atoms with Gasteiger partial charge in [-0.3, -0.25) is 9.69 Å². The van der Waals surface area contributed by atoms with Gasteiger partial charge in [0.15, 0.2) is 0 Å². The summed E-state index contributed by atoms with van der Waals surface area (Å²) in [5, 5.41) is 10.1. The lowest BCUT2D eigenvalue weighted by Gasteiger charge is -2.44. The minimum Gasteiger partial charge on any atom is -0.481 e. The summed E-state index contributed by atoms with van der Waals surface area (Å²) in [5.74, 6) is 1.49. The van der Waals surface area contributed by atoms with Gasteiger partial charge in [-0.15, -0.1) is 0 Å². The Labute approximate surface area is 175 Å². The summed E-state index contributed by atoms with van der Waals surface area (Å²) in [6.45, 7) is 6.97. The van der Waals surface area contributed by atoms with E-state index in [9.17, 15) is 9.90 Å².